The van der Waals surface area contributed by atoms with Crippen LogP contribution in [-0.2, 0) is 15.0 Å². The van der Waals surface area contributed by atoms with Gasteiger partial charge in [0.05, 0.1) is 0 Å². The van der Waals surface area contributed by atoms with Crippen LogP contribution in [0.3, 0.4) is 0 Å². The maximum atomic E-state index is 14.2. The minimum absolute atomic E-state index is 0.220. The Bertz CT molecular complexity index is 788. The van der Waals surface area contributed by atoms with Crippen LogP contribution in [0, 0.1) is 17.5 Å². The van der Waals surface area contributed by atoms with Crippen molar-refractivity contribution in [2.24, 2.45) is 0 Å². The summed E-state index contributed by atoms with van der Waals surface area (Å²) in [7, 11) is 0. The van der Waals surface area contributed by atoms with Gasteiger partial charge < -0.3 is 10.2 Å². The third kappa shape index (κ3) is 2.77. The molecule has 2 aromatic carbocycles. The van der Waals surface area contributed by atoms with Crippen LogP contribution in [0.5, 0.6) is 0 Å². The average molecular weight is 324 g/mol. The van der Waals surface area contributed by atoms with Crippen LogP contribution in [-0.4, -0.2) is 22.2 Å². The van der Waals surface area contributed by atoms with Crippen LogP contribution >= 0.6 is 0 Å². The van der Waals surface area contributed by atoms with Crippen LogP contribution in [0.15, 0.2) is 36.4 Å². The lowest BCUT2D eigenvalue weighted by Crippen LogP contribution is -2.40. The van der Waals surface area contributed by atoms with Crippen molar-refractivity contribution >= 4 is 11.9 Å². The van der Waals surface area contributed by atoms with E-state index in [9.17, 15) is 22.8 Å². The molecular formula is C16H11F3O4. The van der Waals surface area contributed by atoms with Crippen LogP contribution in [0.25, 0.3) is 11.1 Å². The van der Waals surface area contributed by atoms with Crippen molar-refractivity contribution in [3.63, 3.8) is 0 Å². The molecule has 2 rings (SSSR count). The lowest BCUT2D eigenvalue weighted by Gasteiger charge is -2.20. The van der Waals surface area contributed by atoms with Crippen molar-refractivity contribution in [3.05, 3.63) is 59.4 Å². The number of halogens is 3. The second-order valence-corrected chi connectivity index (χ2v) is 5.05. The van der Waals surface area contributed by atoms with Gasteiger partial charge in [-0.05, 0) is 30.7 Å². The molecule has 0 saturated carbocycles. The fourth-order valence-corrected chi connectivity index (χ4v) is 2.09. The molecule has 0 unspecified atom stereocenters. The minimum atomic E-state index is -2.35. The Hall–Kier alpha value is -2.83. The first-order valence-corrected chi connectivity index (χ1v) is 6.40. The van der Waals surface area contributed by atoms with Crippen molar-refractivity contribution in [2.75, 3.05) is 0 Å². The van der Waals surface area contributed by atoms with Gasteiger partial charge in [-0.15, -0.1) is 0 Å². The van der Waals surface area contributed by atoms with Crippen LogP contribution in [0.4, 0.5) is 13.2 Å². The summed E-state index contributed by atoms with van der Waals surface area (Å²) >= 11 is 0. The fraction of sp³-hybridized carbons (Fsp3) is 0.125. The van der Waals surface area contributed by atoms with E-state index in [0.29, 0.717) is 6.07 Å². The molecule has 0 aliphatic rings. The summed E-state index contributed by atoms with van der Waals surface area (Å²) in [6, 6.07) is 5.44. The van der Waals surface area contributed by atoms with Gasteiger partial charge in [-0.1, -0.05) is 12.1 Å². The van der Waals surface area contributed by atoms with Crippen molar-refractivity contribution < 1.29 is 33.0 Å². The average Bonchev–Trinajstić information content (AvgIpc) is 2.46. The van der Waals surface area contributed by atoms with Crippen LogP contribution in [0.2, 0.25) is 0 Å². The van der Waals surface area contributed by atoms with Crippen LogP contribution in [0.1, 0.15) is 12.5 Å². The standard InChI is InChI=1S/C16H11F3O4/c1-16(14(20)21,15(22)23)8-2-4-10(12(18)6-8)11-5-3-9(17)7-13(11)19/h2-7H,1H3,(H,20,21)(H,22,23). The number of rotatable bonds is 4. The highest BCUT2D eigenvalue weighted by atomic mass is 19.1. The maximum Gasteiger partial charge on any atom is 0.325 e. The second-order valence-electron chi connectivity index (χ2n) is 5.05. The molecule has 0 fully saturated rings. The van der Waals surface area contributed by atoms with Gasteiger partial charge in [-0.3, -0.25) is 9.59 Å². The van der Waals surface area contributed by atoms with Gasteiger partial charge >= 0.3 is 11.9 Å². The summed E-state index contributed by atoms with van der Waals surface area (Å²) in [5.41, 5.74) is -3.10. The minimum Gasteiger partial charge on any atom is -0.480 e. The molecule has 4 nitrogen and oxygen atoms in total. The van der Waals surface area contributed by atoms with E-state index in [1.165, 1.54) is 0 Å². The highest BCUT2D eigenvalue weighted by Gasteiger charge is 2.43. The summed E-state index contributed by atoms with van der Waals surface area (Å²) in [4.78, 5) is 22.4. The molecule has 0 spiro atoms. The lowest BCUT2D eigenvalue weighted by molar-refractivity contribution is -0.156. The highest BCUT2D eigenvalue weighted by molar-refractivity contribution is 6.04. The monoisotopic (exact) mass is 324 g/mol. The van der Waals surface area contributed by atoms with E-state index in [2.05, 4.69) is 0 Å². The third-order valence-corrected chi connectivity index (χ3v) is 3.62. The van der Waals surface area contributed by atoms with Gasteiger partial charge in [-0.25, -0.2) is 13.2 Å². The molecule has 0 aliphatic carbocycles. The molecular weight excluding hydrogens is 313 g/mol. The zero-order valence-electron chi connectivity index (χ0n) is 11.8. The molecule has 7 heteroatoms. The number of carbonyl (C=O) groups is 2. The third-order valence-electron chi connectivity index (χ3n) is 3.62. The number of aliphatic carboxylic acids is 2. The van der Waals surface area contributed by atoms with Gasteiger partial charge in [0.15, 0.2) is 5.41 Å². The SMILES string of the molecule is CC(C(=O)O)(C(=O)O)c1ccc(-c2ccc(F)cc2F)c(F)c1. The fourth-order valence-electron chi connectivity index (χ4n) is 2.09. The molecule has 120 valence electrons. The number of carboxylic acid groups (broad SMARTS) is 2. The summed E-state index contributed by atoms with van der Waals surface area (Å²) in [5.74, 6) is -6.15. The lowest BCUT2D eigenvalue weighted by atomic mass is 9.82. The molecule has 0 atom stereocenters. The zero-order chi connectivity index (χ0) is 17.4. The second kappa shape index (κ2) is 5.75. The Morgan fingerprint density at radius 2 is 1.35 bits per heavy atom. The molecule has 0 amide bonds. The van der Waals surface area contributed by atoms with Crippen LogP contribution < -0.4 is 0 Å². The van der Waals surface area contributed by atoms with E-state index < -0.39 is 34.8 Å². The number of hydrogen-bond acceptors (Lipinski definition) is 2. The molecule has 0 saturated heterocycles. The van der Waals surface area contributed by atoms with E-state index in [0.717, 1.165) is 37.3 Å². The highest BCUT2D eigenvalue weighted by Crippen LogP contribution is 2.31. The Labute approximate surface area is 128 Å². The largest absolute Gasteiger partial charge is 0.480 e. The van der Waals surface area contributed by atoms with E-state index in [-0.39, 0.29) is 16.7 Å². The Balaban J connectivity index is 2.58. The molecule has 23 heavy (non-hydrogen) atoms. The summed E-state index contributed by atoms with van der Waals surface area (Å²) < 4.78 is 40.8. The predicted molar refractivity (Wildman–Crippen MR) is 74.4 cm³/mol. The Morgan fingerprint density at radius 3 is 1.78 bits per heavy atom. The van der Waals surface area contributed by atoms with Gasteiger partial charge in [-0.2, -0.15) is 0 Å². The molecule has 2 N–H and O–H groups in total. The van der Waals surface area contributed by atoms with Gasteiger partial charge in [0, 0.05) is 17.2 Å². The number of benzene rings is 2. The predicted octanol–water partition coefficient (Wildman–Crippen LogP) is 3.20. The normalized spacial score (nSPS) is 11.3. The van der Waals surface area contributed by atoms with Gasteiger partial charge in [0.25, 0.3) is 0 Å². The smallest absolute Gasteiger partial charge is 0.325 e. The first kappa shape index (κ1) is 16.5. The van der Waals surface area contributed by atoms with E-state index in [1.807, 2.05) is 0 Å². The van der Waals surface area contributed by atoms with Crippen molar-refractivity contribution in [1.29, 1.82) is 0 Å². The molecule has 0 radical (unpaired) electrons. The van der Waals surface area contributed by atoms with Crippen molar-refractivity contribution in [2.45, 2.75) is 12.3 Å². The summed E-state index contributed by atoms with van der Waals surface area (Å²) in [5, 5.41) is 18.2. The van der Waals surface area contributed by atoms with Gasteiger partial charge in [0.1, 0.15) is 17.5 Å². The van der Waals surface area contributed by atoms with Gasteiger partial charge in [0.2, 0.25) is 0 Å². The zero-order valence-corrected chi connectivity index (χ0v) is 11.8. The number of carboxylic acids is 2. The Kier molecular flexibility index (Phi) is 4.14. The number of hydrogen-bond donors (Lipinski definition) is 2. The van der Waals surface area contributed by atoms with Crippen molar-refractivity contribution in [1.82, 2.24) is 0 Å². The molecule has 0 bridgehead atoms. The molecule has 0 aromatic heterocycles. The Morgan fingerprint density at radius 1 is 0.870 bits per heavy atom. The summed E-state index contributed by atoms with van der Waals surface area (Å²) in [6.07, 6.45) is 0. The molecule has 0 heterocycles. The topological polar surface area (TPSA) is 74.6 Å². The molecule has 0 aliphatic heterocycles. The van der Waals surface area contributed by atoms with Crippen molar-refractivity contribution in [3.8, 4) is 11.1 Å². The quantitative estimate of drug-likeness (QED) is 0.847. The molecule has 2 aromatic rings. The van der Waals surface area contributed by atoms with E-state index in [1.54, 1.807) is 0 Å². The van der Waals surface area contributed by atoms with E-state index >= 15 is 0 Å². The van der Waals surface area contributed by atoms with E-state index in [4.69, 9.17) is 10.2 Å². The maximum absolute atomic E-state index is 14.2. The first-order valence-electron chi connectivity index (χ1n) is 6.40. The summed E-state index contributed by atoms with van der Waals surface area (Å²) in [6.45, 7) is 0.921. The first-order chi connectivity index (χ1) is 10.7.